The predicted octanol–water partition coefficient (Wildman–Crippen LogP) is 3.81. The lowest BCUT2D eigenvalue weighted by Gasteiger charge is -2.33. The van der Waals surface area contributed by atoms with Crippen molar-refractivity contribution in [2.24, 2.45) is 13.0 Å². The second kappa shape index (κ2) is 8.23. The lowest BCUT2D eigenvalue weighted by atomic mass is 9.94. The van der Waals surface area contributed by atoms with Crippen molar-refractivity contribution >= 4 is 5.91 Å². The van der Waals surface area contributed by atoms with Crippen LogP contribution in [-0.2, 0) is 20.0 Å². The van der Waals surface area contributed by atoms with E-state index in [1.165, 1.54) is 12.1 Å². The number of aromatic nitrogens is 3. The fraction of sp³-hybridized carbons (Fsp3) is 0.391. The third-order valence-corrected chi connectivity index (χ3v) is 5.83. The quantitative estimate of drug-likeness (QED) is 0.660. The molecule has 1 amide bonds. The van der Waals surface area contributed by atoms with E-state index in [1.807, 2.05) is 60.1 Å². The maximum Gasteiger partial charge on any atom is 0.270 e. The summed E-state index contributed by atoms with van der Waals surface area (Å²) in [6.45, 7) is 4.29. The summed E-state index contributed by atoms with van der Waals surface area (Å²) in [5.41, 5.74) is 2.88. The molecule has 0 N–H and O–H groups in total. The summed E-state index contributed by atoms with van der Waals surface area (Å²) in [5, 5.41) is 0. The number of carbonyl (C=O) groups is 1. The molecular weight excluding hydrogens is 367 g/mol. The summed E-state index contributed by atoms with van der Waals surface area (Å²) in [7, 11) is 1.91. The van der Waals surface area contributed by atoms with Crippen LogP contribution < -0.4 is 0 Å². The van der Waals surface area contributed by atoms with Gasteiger partial charge in [0.15, 0.2) is 0 Å². The number of piperidine rings is 1. The molecule has 1 aliphatic rings. The largest absolute Gasteiger partial charge is 0.347 e. The highest BCUT2D eigenvalue weighted by Crippen LogP contribution is 2.23. The number of imidazole rings is 1. The molecular formula is C23H27FN4O. The second-order valence-corrected chi connectivity index (χ2v) is 8.00. The first-order chi connectivity index (χ1) is 14.0. The molecule has 29 heavy (non-hydrogen) atoms. The molecule has 1 unspecified atom stereocenters. The standard InChI is InChI=1S/C23H27FN4O/c1-17-14-25-22(28(17)16-18-7-9-20(24)10-8-18)13-19-5-3-12-27(15-19)23(29)21-6-4-11-26(21)2/h4,6-11,14,19H,3,5,12-13,15-16H2,1-2H3. The molecule has 1 aromatic carbocycles. The topological polar surface area (TPSA) is 43.1 Å². The minimum Gasteiger partial charge on any atom is -0.347 e. The Kier molecular flexibility index (Phi) is 5.51. The average Bonchev–Trinajstić information content (AvgIpc) is 3.30. The lowest BCUT2D eigenvalue weighted by molar-refractivity contribution is 0.0662. The van der Waals surface area contributed by atoms with Gasteiger partial charge in [0.1, 0.15) is 17.3 Å². The van der Waals surface area contributed by atoms with Gasteiger partial charge in [-0.25, -0.2) is 9.37 Å². The van der Waals surface area contributed by atoms with Crippen LogP contribution in [0.3, 0.4) is 0 Å². The highest BCUT2D eigenvalue weighted by molar-refractivity contribution is 5.92. The Morgan fingerprint density at radius 3 is 2.76 bits per heavy atom. The maximum atomic E-state index is 13.2. The first-order valence-corrected chi connectivity index (χ1v) is 10.2. The van der Waals surface area contributed by atoms with Crippen LogP contribution in [0.4, 0.5) is 4.39 Å². The van der Waals surface area contributed by atoms with E-state index in [4.69, 9.17) is 0 Å². The smallest absolute Gasteiger partial charge is 0.270 e. The summed E-state index contributed by atoms with van der Waals surface area (Å²) in [5.74, 6) is 1.31. The number of nitrogens with zero attached hydrogens (tertiary/aromatic N) is 4. The van der Waals surface area contributed by atoms with Gasteiger partial charge in [-0.05, 0) is 55.5 Å². The maximum absolute atomic E-state index is 13.2. The van der Waals surface area contributed by atoms with E-state index in [2.05, 4.69) is 9.55 Å². The van der Waals surface area contributed by atoms with E-state index < -0.39 is 0 Å². The van der Waals surface area contributed by atoms with Gasteiger partial charge < -0.3 is 14.0 Å². The van der Waals surface area contributed by atoms with Crippen LogP contribution in [0.1, 0.15) is 40.4 Å². The van der Waals surface area contributed by atoms with Crippen molar-refractivity contribution in [3.05, 3.63) is 77.4 Å². The van der Waals surface area contributed by atoms with Crippen molar-refractivity contribution < 1.29 is 9.18 Å². The van der Waals surface area contributed by atoms with Crippen molar-refractivity contribution in [3.63, 3.8) is 0 Å². The summed E-state index contributed by atoms with van der Waals surface area (Å²) in [6.07, 6.45) is 6.75. The SMILES string of the molecule is Cc1cnc(CC2CCCN(C(=O)c3cccn3C)C2)n1Cc1ccc(F)cc1. The van der Waals surface area contributed by atoms with Gasteiger partial charge in [0.2, 0.25) is 0 Å². The molecule has 2 aromatic heterocycles. The van der Waals surface area contributed by atoms with Crippen LogP contribution in [0.2, 0.25) is 0 Å². The molecule has 1 saturated heterocycles. The van der Waals surface area contributed by atoms with Gasteiger partial charge in [-0.1, -0.05) is 12.1 Å². The Bertz CT molecular complexity index is 989. The summed E-state index contributed by atoms with van der Waals surface area (Å²) in [4.78, 5) is 19.5. The second-order valence-electron chi connectivity index (χ2n) is 8.00. The third-order valence-electron chi connectivity index (χ3n) is 5.83. The molecule has 0 saturated carbocycles. The molecule has 152 valence electrons. The zero-order valence-corrected chi connectivity index (χ0v) is 17.0. The highest BCUT2D eigenvalue weighted by Gasteiger charge is 2.27. The van der Waals surface area contributed by atoms with Gasteiger partial charge in [-0.3, -0.25) is 4.79 Å². The Hall–Kier alpha value is -2.89. The number of benzene rings is 1. The predicted molar refractivity (Wildman–Crippen MR) is 110 cm³/mol. The van der Waals surface area contributed by atoms with Crippen LogP contribution in [0.15, 0.2) is 48.8 Å². The minimum atomic E-state index is -0.221. The molecule has 3 heterocycles. The lowest BCUT2D eigenvalue weighted by Crippen LogP contribution is -2.41. The van der Waals surface area contributed by atoms with E-state index in [0.29, 0.717) is 12.5 Å². The fourth-order valence-corrected chi connectivity index (χ4v) is 4.18. The zero-order valence-electron chi connectivity index (χ0n) is 17.0. The van der Waals surface area contributed by atoms with Crippen molar-refractivity contribution in [2.45, 2.75) is 32.7 Å². The van der Waals surface area contributed by atoms with Gasteiger partial charge in [0, 0.05) is 51.2 Å². The Labute approximate surface area is 170 Å². The number of aryl methyl sites for hydroxylation is 2. The number of amides is 1. The van der Waals surface area contributed by atoms with Crippen molar-refractivity contribution in [1.29, 1.82) is 0 Å². The van der Waals surface area contributed by atoms with E-state index in [1.54, 1.807) is 0 Å². The first kappa shape index (κ1) is 19.4. The Balaban J connectivity index is 1.46. The van der Waals surface area contributed by atoms with Gasteiger partial charge >= 0.3 is 0 Å². The summed E-state index contributed by atoms with van der Waals surface area (Å²) in [6, 6.07) is 10.4. The Morgan fingerprint density at radius 2 is 2.03 bits per heavy atom. The molecule has 0 radical (unpaired) electrons. The van der Waals surface area contributed by atoms with Crippen molar-refractivity contribution in [1.82, 2.24) is 19.0 Å². The molecule has 6 heteroatoms. The zero-order chi connectivity index (χ0) is 20.4. The fourth-order valence-electron chi connectivity index (χ4n) is 4.18. The van der Waals surface area contributed by atoms with Crippen molar-refractivity contribution in [3.8, 4) is 0 Å². The monoisotopic (exact) mass is 394 g/mol. The number of carbonyl (C=O) groups excluding carboxylic acids is 1. The van der Waals surface area contributed by atoms with E-state index in [0.717, 1.165) is 55.1 Å². The van der Waals surface area contributed by atoms with E-state index >= 15 is 0 Å². The van der Waals surface area contributed by atoms with Gasteiger partial charge in [0.25, 0.3) is 5.91 Å². The molecule has 1 aliphatic heterocycles. The number of halogens is 1. The van der Waals surface area contributed by atoms with Crippen LogP contribution in [0.25, 0.3) is 0 Å². The summed E-state index contributed by atoms with van der Waals surface area (Å²) < 4.78 is 17.3. The third kappa shape index (κ3) is 4.26. The van der Waals surface area contributed by atoms with Crippen molar-refractivity contribution in [2.75, 3.05) is 13.1 Å². The van der Waals surface area contributed by atoms with Crippen LogP contribution in [-0.4, -0.2) is 38.0 Å². The van der Waals surface area contributed by atoms with Crippen LogP contribution >= 0.6 is 0 Å². The average molecular weight is 394 g/mol. The van der Waals surface area contributed by atoms with Gasteiger partial charge in [0.05, 0.1) is 0 Å². The van der Waals surface area contributed by atoms with Crippen LogP contribution in [0, 0.1) is 18.7 Å². The number of likely N-dealkylation sites (tertiary alicyclic amines) is 1. The molecule has 5 nitrogen and oxygen atoms in total. The van der Waals surface area contributed by atoms with Gasteiger partial charge in [-0.15, -0.1) is 0 Å². The minimum absolute atomic E-state index is 0.105. The molecule has 1 fully saturated rings. The van der Waals surface area contributed by atoms with E-state index in [9.17, 15) is 9.18 Å². The van der Waals surface area contributed by atoms with E-state index in [-0.39, 0.29) is 11.7 Å². The Morgan fingerprint density at radius 1 is 1.24 bits per heavy atom. The number of hydrogen-bond acceptors (Lipinski definition) is 2. The van der Waals surface area contributed by atoms with Gasteiger partial charge in [-0.2, -0.15) is 0 Å². The molecule has 4 rings (SSSR count). The first-order valence-electron chi connectivity index (χ1n) is 10.2. The number of hydrogen-bond donors (Lipinski definition) is 0. The summed E-state index contributed by atoms with van der Waals surface area (Å²) >= 11 is 0. The highest BCUT2D eigenvalue weighted by atomic mass is 19.1. The molecule has 0 aliphatic carbocycles. The molecule has 1 atom stereocenters. The molecule has 0 bridgehead atoms. The number of rotatable bonds is 5. The normalized spacial score (nSPS) is 16.9. The molecule has 3 aromatic rings. The molecule has 0 spiro atoms. The van der Waals surface area contributed by atoms with Crippen LogP contribution in [0.5, 0.6) is 0 Å².